The van der Waals surface area contributed by atoms with E-state index in [0.717, 1.165) is 0 Å². The zero-order valence-electron chi connectivity index (χ0n) is 18.9. The summed E-state index contributed by atoms with van der Waals surface area (Å²) in [7, 11) is 0. The minimum absolute atomic E-state index is 1.23. The predicted molar refractivity (Wildman–Crippen MR) is 132 cm³/mol. The van der Waals surface area contributed by atoms with Gasteiger partial charge in [-0.1, -0.05) is 0 Å². The molecule has 0 aliphatic carbocycles. The van der Waals surface area contributed by atoms with Crippen molar-refractivity contribution in [1.82, 2.24) is 0 Å². The van der Waals surface area contributed by atoms with Gasteiger partial charge < -0.3 is 0 Å². The first-order valence-corrected chi connectivity index (χ1v) is 18.0. The SMILES string of the molecule is CCCCCC1=[C](c2ccccc2)[Ge]([CH3])([CH3])[C](CCCCC)=C1c1ccccc1. The zero-order valence-corrected chi connectivity index (χ0v) is 21.0. The Bertz CT molecular complexity index is 840. The van der Waals surface area contributed by atoms with Crippen LogP contribution in [0, 0.1) is 0 Å². The number of hydrogen-bond acceptors (Lipinski definition) is 0. The monoisotopic (exact) mass is 448 g/mol. The summed E-state index contributed by atoms with van der Waals surface area (Å²) < 4.78 is 3.60. The van der Waals surface area contributed by atoms with E-state index in [1.165, 1.54) is 62.5 Å². The Labute approximate surface area is 181 Å². The normalized spacial score (nSPS) is 16.0. The Balaban J connectivity index is 2.17. The Morgan fingerprint density at radius 2 is 1.14 bits per heavy atom. The molecule has 1 heteroatoms. The van der Waals surface area contributed by atoms with Crippen LogP contribution in [0.1, 0.15) is 76.3 Å². The van der Waals surface area contributed by atoms with Gasteiger partial charge in [-0.05, 0) is 0 Å². The fraction of sp³-hybridized carbons (Fsp3) is 0.429. The van der Waals surface area contributed by atoms with E-state index in [4.69, 9.17) is 0 Å². The fourth-order valence-corrected chi connectivity index (χ4v) is 13.2. The van der Waals surface area contributed by atoms with Crippen LogP contribution in [-0.4, -0.2) is 13.3 Å². The van der Waals surface area contributed by atoms with E-state index in [9.17, 15) is 0 Å². The first kappa shape index (κ1) is 22.2. The summed E-state index contributed by atoms with van der Waals surface area (Å²) in [6.45, 7) is 4.63. The molecule has 2 aromatic rings. The first-order valence-electron chi connectivity index (χ1n) is 11.7. The van der Waals surface area contributed by atoms with E-state index < -0.39 is 13.3 Å². The molecule has 0 saturated carbocycles. The minimum atomic E-state index is -2.32. The van der Waals surface area contributed by atoms with Crippen LogP contribution < -0.4 is 0 Å². The third kappa shape index (κ3) is 4.97. The Kier molecular flexibility index (Phi) is 8.01. The van der Waals surface area contributed by atoms with Crippen molar-refractivity contribution in [3.8, 4) is 0 Å². The number of unbranched alkanes of at least 4 members (excludes halogenated alkanes) is 4. The average Bonchev–Trinajstić information content (AvgIpc) is 2.96. The van der Waals surface area contributed by atoms with E-state index in [-0.39, 0.29) is 0 Å². The van der Waals surface area contributed by atoms with Gasteiger partial charge in [-0.25, -0.2) is 0 Å². The molecule has 0 N–H and O–H groups in total. The van der Waals surface area contributed by atoms with Crippen molar-refractivity contribution in [2.45, 2.75) is 76.7 Å². The number of rotatable bonds is 10. The molecule has 0 saturated heterocycles. The van der Waals surface area contributed by atoms with Crippen LogP contribution in [0.5, 0.6) is 0 Å². The number of hydrogen-bond donors (Lipinski definition) is 0. The van der Waals surface area contributed by atoms with Gasteiger partial charge in [0.25, 0.3) is 0 Å². The standard InChI is InChI=1S/C28H38Ge/c1-5-7-11-21-25-27(23-17-13-9-14-18-23)26(22-12-8-6-2)29(3,4)28(25)24-19-15-10-16-20-24/h9-10,13-20H,5-8,11-12,21-22H2,1-4H3. The van der Waals surface area contributed by atoms with E-state index in [1.807, 2.05) is 4.41 Å². The van der Waals surface area contributed by atoms with Gasteiger partial charge in [0.05, 0.1) is 0 Å². The maximum atomic E-state index is 2.65. The number of allylic oxidation sites excluding steroid dienone is 3. The van der Waals surface area contributed by atoms with Crippen LogP contribution in [-0.2, 0) is 0 Å². The van der Waals surface area contributed by atoms with Crippen molar-refractivity contribution in [2.24, 2.45) is 0 Å². The summed E-state index contributed by atoms with van der Waals surface area (Å²) in [6, 6.07) is 22.6. The van der Waals surface area contributed by atoms with E-state index in [2.05, 4.69) is 86.0 Å². The molecule has 0 unspecified atom stereocenters. The third-order valence-corrected chi connectivity index (χ3v) is 14.5. The molecular formula is C28H38Ge. The van der Waals surface area contributed by atoms with Crippen molar-refractivity contribution in [1.29, 1.82) is 0 Å². The molecule has 1 aliphatic heterocycles. The van der Waals surface area contributed by atoms with Crippen LogP contribution in [0.15, 0.2) is 70.6 Å². The summed E-state index contributed by atoms with van der Waals surface area (Å²) in [5.41, 5.74) is 6.27. The average molecular weight is 447 g/mol. The summed E-state index contributed by atoms with van der Waals surface area (Å²) in [4.78, 5) is 0. The second-order valence-electron chi connectivity index (χ2n) is 8.98. The Morgan fingerprint density at radius 3 is 1.69 bits per heavy atom. The van der Waals surface area contributed by atoms with E-state index in [0.29, 0.717) is 0 Å². The van der Waals surface area contributed by atoms with Gasteiger partial charge in [0.15, 0.2) is 0 Å². The molecule has 1 aliphatic rings. The summed E-state index contributed by atoms with van der Waals surface area (Å²) >= 11 is -2.32. The van der Waals surface area contributed by atoms with Gasteiger partial charge in [-0.15, -0.1) is 0 Å². The topological polar surface area (TPSA) is 0 Å². The van der Waals surface area contributed by atoms with Gasteiger partial charge in [0.1, 0.15) is 0 Å². The quantitative estimate of drug-likeness (QED) is 0.252. The molecule has 0 bridgehead atoms. The predicted octanol–water partition coefficient (Wildman–Crippen LogP) is 8.86. The van der Waals surface area contributed by atoms with E-state index >= 15 is 0 Å². The van der Waals surface area contributed by atoms with Gasteiger partial charge in [-0.3, -0.25) is 0 Å². The Morgan fingerprint density at radius 1 is 0.621 bits per heavy atom. The van der Waals surface area contributed by atoms with Crippen LogP contribution in [0.3, 0.4) is 0 Å². The molecule has 0 atom stereocenters. The van der Waals surface area contributed by atoms with Crippen LogP contribution in [0.2, 0.25) is 11.5 Å². The van der Waals surface area contributed by atoms with Gasteiger partial charge in [0.2, 0.25) is 0 Å². The molecular weight excluding hydrogens is 409 g/mol. The summed E-state index contributed by atoms with van der Waals surface area (Å²) in [5.74, 6) is 5.30. The second-order valence-corrected chi connectivity index (χ2v) is 18.1. The third-order valence-electron chi connectivity index (χ3n) is 6.47. The molecule has 29 heavy (non-hydrogen) atoms. The van der Waals surface area contributed by atoms with Gasteiger partial charge >= 0.3 is 182 Å². The van der Waals surface area contributed by atoms with Crippen molar-refractivity contribution < 1.29 is 0 Å². The van der Waals surface area contributed by atoms with Crippen molar-refractivity contribution in [3.05, 3.63) is 81.8 Å². The molecule has 1 heterocycles. The van der Waals surface area contributed by atoms with Crippen LogP contribution >= 0.6 is 0 Å². The van der Waals surface area contributed by atoms with Crippen LogP contribution in [0.4, 0.5) is 0 Å². The van der Waals surface area contributed by atoms with Crippen molar-refractivity contribution >= 4 is 23.2 Å². The number of benzene rings is 2. The molecule has 2 aromatic carbocycles. The maximum absolute atomic E-state index is 2.65. The van der Waals surface area contributed by atoms with Crippen molar-refractivity contribution in [2.75, 3.05) is 0 Å². The molecule has 0 spiro atoms. The van der Waals surface area contributed by atoms with Gasteiger partial charge in [-0.2, -0.15) is 0 Å². The molecule has 0 amide bonds. The first-order chi connectivity index (χ1) is 14.1. The molecule has 0 fully saturated rings. The molecule has 0 radical (unpaired) electrons. The molecule has 154 valence electrons. The van der Waals surface area contributed by atoms with Crippen molar-refractivity contribution in [3.63, 3.8) is 0 Å². The molecule has 0 nitrogen and oxygen atoms in total. The Hall–Kier alpha value is -1.54. The fourth-order valence-electron chi connectivity index (χ4n) is 5.03. The van der Waals surface area contributed by atoms with Crippen LogP contribution in [0.25, 0.3) is 9.98 Å². The molecule has 0 aromatic heterocycles. The zero-order chi connectivity index (χ0) is 20.7. The van der Waals surface area contributed by atoms with E-state index in [1.54, 1.807) is 15.6 Å². The summed E-state index contributed by atoms with van der Waals surface area (Å²) in [6.07, 6.45) is 10.4. The molecule has 3 rings (SSSR count). The summed E-state index contributed by atoms with van der Waals surface area (Å²) in [5, 5.41) is 0. The van der Waals surface area contributed by atoms with Gasteiger partial charge in [0, 0.05) is 0 Å². The second kappa shape index (κ2) is 10.5.